The Morgan fingerprint density at radius 2 is 2.05 bits per heavy atom. The van der Waals surface area contributed by atoms with Gasteiger partial charge in [0.25, 0.3) is 0 Å². The molecule has 0 bridgehead atoms. The normalized spacial score (nSPS) is 11.4. The molecule has 0 radical (unpaired) electrons. The van der Waals surface area contributed by atoms with Crippen LogP contribution in [0.25, 0.3) is 16.6 Å². The van der Waals surface area contributed by atoms with Gasteiger partial charge in [-0.1, -0.05) is 24.6 Å². The highest BCUT2D eigenvalue weighted by Gasteiger charge is 2.13. The zero-order valence-corrected chi connectivity index (χ0v) is 12.8. The summed E-state index contributed by atoms with van der Waals surface area (Å²) < 4.78 is 4.22. The molecule has 2 aromatic heterocycles. The zero-order chi connectivity index (χ0) is 14.3. The lowest BCUT2D eigenvalue weighted by molar-refractivity contribution is 0.602. The molecule has 0 aliphatic carbocycles. The molecule has 20 heavy (non-hydrogen) atoms. The Balaban J connectivity index is 2.23. The van der Waals surface area contributed by atoms with Gasteiger partial charge in [-0.25, -0.2) is 0 Å². The lowest BCUT2D eigenvalue weighted by atomic mass is 10.2. The molecule has 1 aromatic carbocycles. The smallest absolute Gasteiger partial charge is 0.0840 e. The van der Waals surface area contributed by atoms with Gasteiger partial charge in [-0.3, -0.25) is 4.68 Å². The maximum absolute atomic E-state index is 6.16. The maximum atomic E-state index is 6.16. The molecule has 0 amide bonds. The van der Waals surface area contributed by atoms with Crippen LogP contribution in [0.15, 0.2) is 30.6 Å². The van der Waals surface area contributed by atoms with Crippen LogP contribution in [0.1, 0.15) is 24.6 Å². The van der Waals surface area contributed by atoms with E-state index in [4.69, 9.17) is 11.6 Å². The first-order valence-corrected chi connectivity index (χ1v) is 7.29. The van der Waals surface area contributed by atoms with E-state index in [1.165, 1.54) is 16.6 Å². The Morgan fingerprint density at radius 1 is 1.25 bits per heavy atom. The topological polar surface area (TPSA) is 22.8 Å². The first-order chi connectivity index (χ1) is 9.61. The fourth-order valence-corrected chi connectivity index (χ4v) is 2.87. The highest BCUT2D eigenvalue weighted by Crippen LogP contribution is 2.30. The van der Waals surface area contributed by atoms with Crippen molar-refractivity contribution in [3.63, 3.8) is 0 Å². The molecule has 0 aliphatic rings. The molecule has 0 unspecified atom stereocenters. The first-order valence-electron chi connectivity index (χ1n) is 6.91. The van der Waals surface area contributed by atoms with E-state index < -0.39 is 0 Å². The summed E-state index contributed by atoms with van der Waals surface area (Å²) in [5.74, 6) is 0. The molecule has 104 valence electrons. The van der Waals surface area contributed by atoms with E-state index in [9.17, 15) is 0 Å². The number of rotatable bonds is 3. The molecule has 3 aromatic rings. The van der Waals surface area contributed by atoms with Gasteiger partial charge in [-0.15, -0.1) is 0 Å². The van der Waals surface area contributed by atoms with Crippen LogP contribution >= 0.6 is 11.6 Å². The second kappa shape index (κ2) is 4.98. The van der Waals surface area contributed by atoms with Gasteiger partial charge >= 0.3 is 0 Å². The number of hydrogen-bond acceptors (Lipinski definition) is 1. The minimum atomic E-state index is 0.761. The molecule has 0 fully saturated rings. The third-order valence-corrected chi connectivity index (χ3v) is 4.05. The summed E-state index contributed by atoms with van der Waals surface area (Å²) in [5, 5.41) is 6.43. The van der Waals surface area contributed by atoms with Gasteiger partial charge in [-0.05, 0) is 38.0 Å². The third-order valence-electron chi connectivity index (χ3n) is 3.81. The summed E-state index contributed by atoms with van der Waals surface area (Å²) in [7, 11) is 0. The van der Waals surface area contributed by atoms with E-state index in [1.54, 1.807) is 0 Å². The largest absolute Gasteiger partial charge is 0.311 e. The number of hydrogen-bond donors (Lipinski definition) is 0. The van der Waals surface area contributed by atoms with Crippen LogP contribution in [0.4, 0.5) is 0 Å². The molecule has 0 atom stereocenters. The van der Waals surface area contributed by atoms with Crippen LogP contribution in [0.2, 0.25) is 5.02 Å². The van der Waals surface area contributed by atoms with Crippen LogP contribution in [0.3, 0.4) is 0 Å². The van der Waals surface area contributed by atoms with Crippen molar-refractivity contribution in [3.8, 4) is 5.69 Å². The molecule has 4 heteroatoms. The van der Waals surface area contributed by atoms with Gasteiger partial charge < -0.3 is 4.57 Å². The molecule has 0 saturated heterocycles. The Labute approximate surface area is 123 Å². The van der Waals surface area contributed by atoms with Gasteiger partial charge in [0.15, 0.2) is 0 Å². The Hall–Kier alpha value is -1.74. The SMILES string of the molecule is CCCn1cc(-n2c(C)c(C)c3ccc(Cl)cc32)cn1. The van der Waals surface area contributed by atoms with Crippen molar-refractivity contribution in [2.45, 2.75) is 33.7 Å². The van der Waals surface area contributed by atoms with Crippen molar-refractivity contribution in [2.24, 2.45) is 0 Å². The summed E-state index contributed by atoms with van der Waals surface area (Å²) in [6.45, 7) is 7.39. The van der Waals surface area contributed by atoms with Crippen molar-refractivity contribution in [3.05, 3.63) is 46.9 Å². The van der Waals surface area contributed by atoms with E-state index >= 15 is 0 Å². The Bertz CT molecular complexity index is 767. The van der Waals surface area contributed by atoms with Crippen LogP contribution in [-0.4, -0.2) is 14.3 Å². The summed E-state index contributed by atoms with van der Waals surface area (Å²) in [6, 6.07) is 6.06. The lowest BCUT2D eigenvalue weighted by Crippen LogP contribution is -1.97. The van der Waals surface area contributed by atoms with E-state index in [0.29, 0.717) is 0 Å². The number of aromatic nitrogens is 3. The second-order valence-electron chi connectivity index (χ2n) is 5.17. The highest BCUT2D eigenvalue weighted by atomic mass is 35.5. The second-order valence-corrected chi connectivity index (χ2v) is 5.61. The molecule has 3 rings (SSSR count). The van der Waals surface area contributed by atoms with E-state index in [1.807, 2.05) is 23.0 Å². The van der Waals surface area contributed by atoms with Crippen molar-refractivity contribution in [1.82, 2.24) is 14.3 Å². The summed E-state index contributed by atoms with van der Waals surface area (Å²) in [4.78, 5) is 0. The maximum Gasteiger partial charge on any atom is 0.0840 e. The van der Waals surface area contributed by atoms with Crippen molar-refractivity contribution < 1.29 is 0 Å². The van der Waals surface area contributed by atoms with E-state index in [0.717, 1.165) is 29.2 Å². The molecule has 0 spiro atoms. The van der Waals surface area contributed by atoms with Crippen molar-refractivity contribution >= 4 is 22.5 Å². The quantitative estimate of drug-likeness (QED) is 0.695. The van der Waals surface area contributed by atoms with Crippen molar-refractivity contribution in [1.29, 1.82) is 0 Å². The van der Waals surface area contributed by atoms with Gasteiger partial charge in [0.1, 0.15) is 0 Å². The first kappa shape index (κ1) is 13.3. The fraction of sp³-hybridized carbons (Fsp3) is 0.312. The van der Waals surface area contributed by atoms with Gasteiger partial charge in [0.05, 0.1) is 17.4 Å². The number of aryl methyl sites for hydroxylation is 2. The molecule has 2 heterocycles. The standard InChI is InChI=1S/C16H18ClN3/c1-4-7-19-10-14(9-18-19)20-12(3)11(2)15-6-5-13(17)8-16(15)20/h5-6,8-10H,4,7H2,1-3H3. The lowest BCUT2D eigenvalue weighted by Gasteiger charge is -2.05. The van der Waals surface area contributed by atoms with Crippen LogP contribution in [-0.2, 0) is 6.54 Å². The van der Waals surface area contributed by atoms with Gasteiger partial charge in [-0.2, -0.15) is 5.10 Å². The predicted molar refractivity (Wildman–Crippen MR) is 83.8 cm³/mol. The summed E-state index contributed by atoms with van der Waals surface area (Å²) in [5.41, 5.74) is 4.76. The Morgan fingerprint density at radius 3 is 2.80 bits per heavy atom. The third kappa shape index (κ3) is 2.02. The number of halogens is 1. The van der Waals surface area contributed by atoms with Gasteiger partial charge in [0.2, 0.25) is 0 Å². The number of fused-ring (bicyclic) bond motifs is 1. The van der Waals surface area contributed by atoms with Crippen LogP contribution in [0, 0.1) is 13.8 Å². The van der Waals surface area contributed by atoms with Gasteiger partial charge in [0, 0.05) is 28.8 Å². The zero-order valence-electron chi connectivity index (χ0n) is 12.0. The number of nitrogens with zero attached hydrogens (tertiary/aromatic N) is 3. The minimum Gasteiger partial charge on any atom is -0.311 e. The van der Waals surface area contributed by atoms with E-state index in [2.05, 4.69) is 42.7 Å². The molecule has 0 aliphatic heterocycles. The molecule has 3 nitrogen and oxygen atoms in total. The average molecular weight is 288 g/mol. The fourth-order valence-electron chi connectivity index (χ4n) is 2.70. The monoisotopic (exact) mass is 287 g/mol. The molecule has 0 saturated carbocycles. The highest BCUT2D eigenvalue weighted by molar-refractivity contribution is 6.31. The van der Waals surface area contributed by atoms with E-state index in [-0.39, 0.29) is 0 Å². The van der Waals surface area contributed by atoms with Crippen molar-refractivity contribution in [2.75, 3.05) is 0 Å². The molecular formula is C16H18ClN3. The van der Waals surface area contributed by atoms with Crippen LogP contribution < -0.4 is 0 Å². The number of benzene rings is 1. The molecular weight excluding hydrogens is 270 g/mol. The molecule has 0 N–H and O–H groups in total. The summed E-state index contributed by atoms with van der Waals surface area (Å²) >= 11 is 6.16. The summed E-state index contributed by atoms with van der Waals surface area (Å²) in [6.07, 6.45) is 5.09. The van der Waals surface area contributed by atoms with Crippen LogP contribution in [0.5, 0.6) is 0 Å². The average Bonchev–Trinajstić information content (AvgIpc) is 2.95. The Kier molecular flexibility index (Phi) is 3.30. The minimum absolute atomic E-state index is 0.761. The predicted octanol–water partition coefficient (Wildman–Crippen LogP) is 4.51.